The van der Waals surface area contributed by atoms with Crippen LogP contribution in [0.2, 0.25) is 0 Å². The van der Waals surface area contributed by atoms with Crippen molar-refractivity contribution in [1.29, 1.82) is 0 Å². The Bertz CT molecular complexity index is 811. The summed E-state index contributed by atoms with van der Waals surface area (Å²) < 4.78 is 0. The highest BCUT2D eigenvalue weighted by atomic mass is 32.1. The summed E-state index contributed by atoms with van der Waals surface area (Å²) in [7, 11) is 0. The SMILES string of the molecule is CCN(CC)CCN(Cc1cccs1)C(=O)Nc1cccc(C(=O)NC(C)(C)C)c1. The summed E-state index contributed by atoms with van der Waals surface area (Å²) in [6.07, 6.45) is 0. The Morgan fingerprint density at radius 2 is 1.77 bits per heavy atom. The minimum absolute atomic E-state index is 0.157. The van der Waals surface area contributed by atoms with E-state index in [1.807, 2.05) is 43.2 Å². The molecule has 1 heterocycles. The third kappa shape index (κ3) is 7.80. The second-order valence-corrected chi connectivity index (χ2v) is 9.28. The van der Waals surface area contributed by atoms with E-state index in [0.29, 0.717) is 24.3 Å². The van der Waals surface area contributed by atoms with E-state index in [1.165, 1.54) is 0 Å². The molecule has 0 bridgehead atoms. The molecule has 1 aromatic heterocycles. The maximum absolute atomic E-state index is 13.0. The fraction of sp³-hybridized carbons (Fsp3) is 0.478. The van der Waals surface area contributed by atoms with Crippen LogP contribution in [-0.4, -0.2) is 53.5 Å². The molecule has 0 aliphatic carbocycles. The lowest BCUT2D eigenvalue weighted by Crippen LogP contribution is -2.41. The van der Waals surface area contributed by atoms with Gasteiger partial charge in [-0.1, -0.05) is 26.0 Å². The Balaban J connectivity index is 2.10. The van der Waals surface area contributed by atoms with Crippen molar-refractivity contribution >= 4 is 29.0 Å². The summed E-state index contributed by atoms with van der Waals surface area (Å²) in [5.41, 5.74) is 0.814. The molecule has 2 rings (SSSR count). The summed E-state index contributed by atoms with van der Waals surface area (Å²) >= 11 is 1.64. The Kier molecular flexibility index (Phi) is 8.87. The molecule has 3 amide bonds. The van der Waals surface area contributed by atoms with Crippen LogP contribution < -0.4 is 10.6 Å². The molecule has 2 aromatic rings. The Morgan fingerprint density at radius 1 is 1.03 bits per heavy atom. The molecular formula is C23H34N4O2S. The van der Waals surface area contributed by atoms with Gasteiger partial charge in [-0.05, 0) is 63.5 Å². The fourth-order valence-corrected chi connectivity index (χ4v) is 3.72. The number of anilines is 1. The van der Waals surface area contributed by atoms with Crippen molar-refractivity contribution in [3.8, 4) is 0 Å². The lowest BCUT2D eigenvalue weighted by atomic mass is 10.1. The zero-order valence-electron chi connectivity index (χ0n) is 18.7. The zero-order chi connectivity index (χ0) is 22.1. The van der Waals surface area contributed by atoms with E-state index in [0.717, 1.165) is 24.5 Å². The molecule has 0 spiro atoms. The van der Waals surface area contributed by atoms with Crippen LogP contribution in [0.25, 0.3) is 0 Å². The van der Waals surface area contributed by atoms with Crippen LogP contribution in [0.5, 0.6) is 0 Å². The monoisotopic (exact) mass is 430 g/mol. The molecule has 0 aliphatic rings. The number of hydrogen-bond acceptors (Lipinski definition) is 4. The predicted octanol–water partition coefficient (Wildman–Crippen LogP) is 4.65. The summed E-state index contributed by atoms with van der Waals surface area (Å²) in [5, 5.41) is 7.93. The van der Waals surface area contributed by atoms with E-state index >= 15 is 0 Å². The number of nitrogens with one attached hydrogen (secondary N) is 2. The first kappa shape index (κ1) is 23.9. The van der Waals surface area contributed by atoms with Crippen LogP contribution in [-0.2, 0) is 6.54 Å². The normalized spacial score (nSPS) is 11.4. The molecule has 0 aliphatic heterocycles. The molecule has 0 fully saturated rings. The number of carbonyl (C=O) groups excluding carboxylic acids is 2. The van der Waals surface area contributed by atoms with Gasteiger partial charge in [-0.2, -0.15) is 0 Å². The van der Waals surface area contributed by atoms with Crippen molar-refractivity contribution in [1.82, 2.24) is 15.1 Å². The first-order valence-electron chi connectivity index (χ1n) is 10.4. The number of benzene rings is 1. The third-order valence-electron chi connectivity index (χ3n) is 4.66. The van der Waals surface area contributed by atoms with Crippen molar-refractivity contribution in [2.75, 3.05) is 31.5 Å². The van der Waals surface area contributed by atoms with Gasteiger partial charge >= 0.3 is 6.03 Å². The van der Waals surface area contributed by atoms with Crippen LogP contribution in [0.4, 0.5) is 10.5 Å². The minimum Gasteiger partial charge on any atom is -0.347 e. The third-order valence-corrected chi connectivity index (χ3v) is 5.52. The maximum atomic E-state index is 13.0. The molecule has 1 aromatic carbocycles. The van der Waals surface area contributed by atoms with Crippen molar-refractivity contribution < 1.29 is 9.59 Å². The fourth-order valence-electron chi connectivity index (χ4n) is 3.00. The van der Waals surface area contributed by atoms with Gasteiger partial charge in [-0.25, -0.2) is 4.79 Å². The number of carbonyl (C=O) groups is 2. The average Bonchev–Trinajstić information content (AvgIpc) is 3.20. The molecule has 2 N–H and O–H groups in total. The first-order chi connectivity index (χ1) is 14.2. The van der Waals surface area contributed by atoms with E-state index < -0.39 is 0 Å². The molecular weight excluding hydrogens is 396 g/mol. The van der Waals surface area contributed by atoms with Crippen LogP contribution in [0.3, 0.4) is 0 Å². The lowest BCUT2D eigenvalue weighted by Gasteiger charge is -2.26. The van der Waals surface area contributed by atoms with E-state index in [4.69, 9.17) is 0 Å². The van der Waals surface area contributed by atoms with Crippen molar-refractivity contribution in [2.24, 2.45) is 0 Å². The van der Waals surface area contributed by atoms with Gasteiger partial charge in [-0.3, -0.25) is 4.79 Å². The zero-order valence-corrected chi connectivity index (χ0v) is 19.5. The van der Waals surface area contributed by atoms with Gasteiger partial charge in [0, 0.05) is 34.8 Å². The van der Waals surface area contributed by atoms with E-state index in [-0.39, 0.29) is 17.5 Å². The van der Waals surface area contributed by atoms with Gasteiger partial charge in [0.2, 0.25) is 0 Å². The molecule has 30 heavy (non-hydrogen) atoms. The molecule has 0 unspecified atom stereocenters. The Hall–Kier alpha value is -2.38. The van der Waals surface area contributed by atoms with Crippen LogP contribution in [0, 0.1) is 0 Å². The van der Waals surface area contributed by atoms with E-state index in [9.17, 15) is 9.59 Å². The van der Waals surface area contributed by atoms with Crippen molar-refractivity contribution in [3.05, 3.63) is 52.2 Å². The number of thiophene rings is 1. The summed E-state index contributed by atoms with van der Waals surface area (Å²) in [6, 6.07) is 10.9. The number of amides is 3. The summed E-state index contributed by atoms with van der Waals surface area (Å²) in [4.78, 5) is 30.8. The largest absolute Gasteiger partial charge is 0.347 e. The van der Waals surface area contributed by atoms with Crippen molar-refractivity contribution in [3.63, 3.8) is 0 Å². The predicted molar refractivity (Wildman–Crippen MR) is 125 cm³/mol. The van der Waals surface area contributed by atoms with Gasteiger partial charge in [0.15, 0.2) is 0 Å². The number of nitrogens with zero attached hydrogens (tertiary/aromatic N) is 2. The molecule has 0 saturated heterocycles. The van der Waals surface area contributed by atoms with Gasteiger partial charge < -0.3 is 20.4 Å². The second kappa shape index (κ2) is 11.1. The highest BCUT2D eigenvalue weighted by Gasteiger charge is 2.18. The minimum atomic E-state index is -0.321. The Labute approximate surface area is 184 Å². The van der Waals surface area contributed by atoms with Crippen molar-refractivity contribution in [2.45, 2.75) is 46.7 Å². The number of likely N-dealkylation sites (N-methyl/N-ethyl adjacent to an activating group) is 1. The molecule has 164 valence electrons. The van der Waals surface area contributed by atoms with Gasteiger partial charge in [0.05, 0.1) is 6.54 Å². The molecule has 7 heteroatoms. The molecule has 0 atom stereocenters. The quantitative estimate of drug-likeness (QED) is 0.608. The maximum Gasteiger partial charge on any atom is 0.322 e. The standard InChI is InChI=1S/C23H34N4O2S/c1-6-26(7-2)13-14-27(17-20-12-9-15-30-20)22(29)24-19-11-8-10-18(16-19)21(28)25-23(3,4)5/h8-12,15-16H,6-7,13-14,17H2,1-5H3,(H,24,29)(H,25,28). The Morgan fingerprint density at radius 3 is 2.37 bits per heavy atom. The van der Waals surface area contributed by atoms with Crippen LogP contribution in [0.15, 0.2) is 41.8 Å². The summed E-state index contributed by atoms with van der Waals surface area (Å²) in [5.74, 6) is -0.157. The van der Waals surface area contributed by atoms with Gasteiger partial charge in [-0.15, -0.1) is 11.3 Å². The number of hydrogen-bond donors (Lipinski definition) is 2. The molecule has 0 saturated carbocycles. The highest BCUT2D eigenvalue weighted by molar-refractivity contribution is 7.09. The number of urea groups is 1. The van der Waals surface area contributed by atoms with Crippen LogP contribution in [0.1, 0.15) is 49.9 Å². The van der Waals surface area contributed by atoms with E-state index in [1.54, 1.807) is 35.6 Å². The van der Waals surface area contributed by atoms with Gasteiger partial charge in [0.1, 0.15) is 0 Å². The molecule has 0 radical (unpaired) electrons. The van der Waals surface area contributed by atoms with Crippen LogP contribution >= 0.6 is 11.3 Å². The lowest BCUT2D eigenvalue weighted by molar-refractivity contribution is 0.0919. The summed E-state index contributed by atoms with van der Waals surface area (Å²) in [6.45, 7) is 14.0. The van der Waals surface area contributed by atoms with Gasteiger partial charge in [0.25, 0.3) is 5.91 Å². The smallest absolute Gasteiger partial charge is 0.322 e. The first-order valence-corrected chi connectivity index (χ1v) is 11.3. The number of rotatable bonds is 9. The highest BCUT2D eigenvalue weighted by Crippen LogP contribution is 2.16. The van der Waals surface area contributed by atoms with E-state index in [2.05, 4.69) is 29.4 Å². The average molecular weight is 431 g/mol. The topological polar surface area (TPSA) is 64.7 Å². The second-order valence-electron chi connectivity index (χ2n) is 8.24. The molecule has 6 nitrogen and oxygen atoms in total.